The fourth-order valence-corrected chi connectivity index (χ4v) is 24.7. The van der Waals surface area contributed by atoms with Crippen LogP contribution in [0.5, 0.6) is 0 Å². The van der Waals surface area contributed by atoms with E-state index in [0.29, 0.717) is 0 Å². The predicted octanol–water partition coefficient (Wildman–Crippen LogP) is 18.7. The zero-order valence-electron chi connectivity index (χ0n) is 57.9. The smallest absolute Gasteiger partial charge is 0.366 e. The number of unbranched alkanes of at least 4 members (excludes halogenated alkanes) is 2. The Balaban J connectivity index is 0.000000192. The SMILES string of the molecule is [Au+].[Au+].[Au+].[Au+].[C-]#Cc1ccc2c(c1)C(C)(C)c1cc(C#[C-])ccc1-2.[C-]#Cc1ccc2c(c1)C(C)(C)c1cc(C#[C-])ccc1-2.c1ccc([PH+](CCCC[PH+](c2ccccc2)c2ccccc2)c2ccccc2)cc1.c1ccc([PH+](CCCC[PH+](c2ccccc2)c2ccccc2)c2ccccc2)cc1. The van der Waals surface area contributed by atoms with Crippen LogP contribution in [0.4, 0.5) is 0 Å². The molecule has 0 aromatic heterocycles. The van der Waals surface area contributed by atoms with Gasteiger partial charge in [0.2, 0.25) is 0 Å². The summed E-state index contributed by atoms with van der Waals surface area (Å²) in [5.74, 6) is 9.81. The predicted molar refractivity (Wildman–Crippen MR) is 433 cm³/mol. The van der Waals surface area contributed by atoms with Crippen LogP contribution >= 0.6 is 31.7 Å². The minimum absolute atomic E-state index is 0. The Morgan fingerprint density at radius 3 is 0.510 bits per heavy atom. The molecule has 0 bridgehead atoms. The maximum absolute atomic E-state index is 7.28. The molecule has 12 aromatic carbocycles. The second-order valence-corrected chi connectivity index (χ2v) is 36.5. The summed E-state index contributed by atoms with van der Waals surface area (Å²) in [4.78, 5) is 0. The van der Waals surface area contributed by atoms with Gasteiger partial charge < -0.3 is 25.7 Å². The molecule has 0 saturated heterocycles. The molecule has 0 fully saturated rings. The molecule has 0 radical (unpaired) electrons. The first-order valence-corrected chi connectivity index (χ1v) is 41.0. The zero-order valence-corrected chi connectivity index (χ0v) is 70.6. The van der Waals surface area contributed by atoms with Crippen LogP contribution in [0.25, 0.3) is 22.3 Å². The van der Waals surface area contributed by atoms with Crippen molar-refractivity contribution in [3.63, 3.8) is 0 Å². The van der Waals surface area contributed by atoms with Crippen molar-refractivity contribution in [2.75, 3.05) is 24.6 Å². The van der Waals surface area contributed by atoms with E-state index >= 15 is 0 Å². The topological polar surface area (TPSA) is 0 Å². The van der Waals surface area contributed by atoms with Gasteiger partial charge in [0.1, 0.15) is 0 Å². The third-order valence-electron chi connectivity index (χ3n) is 19.1. The Hall–Kier alpha value is -6.44. The molecule has 0 N–H and O–H groups in total. The van der Waals surface area contributed by atoms with E-state index in [-0.39, 0.29) is 100 Å². The summed E-state index contributed by atoms with van der Waals surface area (Å²) in [7, 11) is -2.86. The number of fused-ring (bicyclic) bond motifs is 6. The van der Waals surface area contributed by atoms with E-state index in [2.05, 4.69) is 318 Å². The summed E-state index contributed by atoms with van der Waals surface area (Å²) < 4.78 is 0. The molecule has 0 unspecified atom stereocenters. The van der Waals surface area contributed by atoms with Gasteiger partial charge in [-0.1, -0.05) is 198 Å². The first-order chi connectivity index (χ1) is 48.0. The standard InChI is InChI=1S/2C28H28P2.2C19H12.4Au/c2*1-5-15-25(16-6-1)29(26-17-7-2-8-18-26)23-13-14-24-30(27-19-9-3-10-20-27)28-21-11-4-12-22-28;2*1-5-13-7-9-15-16-10-8-14(6-2)12-18(16)19(3,4)17(15)11-13;;;;/h2*1-12,15-22H,13-14,23-24H2;2*7-12H,3-4H3;;;;/q;;2*-2;4*+1/p+4. The van der Waals surface area contributed by atoms with Crippen molar-refractivity contribution in [2.45, 2.75) is 64.2 Å². The van der Waals surface area contributed by atoms with Gasteiger partial charge in [-0.3, -0.25) is 23.7 Å². The Kier molecular flexibility index (Phi) is 33.5. The first kappa shape index (κ1) is 82.8. The van der Waals surface area contributed by atoms with Crippen LogP contribution in [-0.2, 0) is 100 Å². The van der Waals surface area contributed by atoms with E-state index in [1.54, 1.807) is 0 Å². The quantitative estimate of drug-likeness (QED) is 0.0264. The minimum Gasteiger partial charge on any atom is -0.366 e. The molecule has 0 nitrogen and oxygen atoms in total. The van der Waals surface area contributed by atoms with Crippen molar-refractivity contribution in [1.29, 1.82) is 0 Å². The fourth-order valence-electron chi connectivity index (χ4n) is 13.9. The van der Waals surface area contributed by atoms with Crippen LogP contribution in [-0.4, -0.2) is 24.6 Å². The molecule has 0 saturated carbocycles. The van der Waals surface area contributed by atoms with Gasteiger partial charge in [-0.15, -0.1) is 70.8 Å². The van der Waals surface area contributed by atoms with Gasteiger partial charge in [0, 0.05) is 10.8 Å². The molecule has 0 aliphatic heterocycles. The number of hydrogen-bond donors (Lipinski definition) is 0. The van der Waals surface area contributed by atoms with Crippen LogP contribution in [0.15, 0.2) is 315 Å². The molecular weight excluding hydrogens is 2040 g/mol. The van der Waals surface area contributed by atoms with Crippen molar-refractivity contribution >= 4 is 74.1 Å². The van der Waals surface area contributed by atoms with Crippen molar-refractivity contribution in [1.82, 2.24) is 0 Å². The normalized spacial score (nSPS) is 11.8. The van der Waals surface area contributed by atoms with Crippen LogP contribution in [0.1, 0.15) is 97.9 Å². The summed E-state index contributed by atoms with van der Waals surface area (Å²) in [6.07, 6.45) is 39.5. The molecule has 0 heterocycles. The molecule has 0 atom stereocenters. The number of hydrogen-bond acceptors (Lipinski definition) is 0. The van der Waals surface area contributed by atoms with E-state index in [0.717, 1.165) is 22.3 Å². The van der Waals surface area contributed by atoms with Gasteiger partial charge in [-0.25, -0.2) is 0 Å². The second kappa shape index (κ2) is 41.3. The van der Waals surface area contributed by atoms with E-state index in [9.17, 15) is 0 Å². The fraction of sp³-hybridized carbons (Fsp3) is 0.149. The molecular formula is C94H84Au4P4+4. The molecule has 520 valence electrons. The van der Waals surface area contributed by atoms with Crippen LogP contribution < -0.4 is 42.4 Å². The van der Waals surface area contributed by atoms with Gasteiger partial charge in [0.15, 0.2) is 0 Å². The maximum Gasteiger partial charge on any atom is 1.00 e. The summed E-state index contributed by atoms with van der Waals surface area (Å²) in [6, 6.07) is 113. The Bertz CT molecular complexity index is 3970. The average molecular weight is 2130 g/mol. The minimum atomic E-state index is -0.714. The molecule has 0 spiro atoms. The van der Waals surface area contributed by atoms with Crippen molar-refractivity contribution in [3.05, 3.63) is 386 Å². The van der Waals surface area contributed by atoms with E-state index in [4.69, 9.17) is 25.7 Å². The molecule has 102 heavy (non-hydrogen) atoms. The molecule has 8 heteroatoms. The van der Waals surface area contributed by atoms with Gasteiger partial charge in [-0.2, -0.15) is 0 Å². The van der Waals surface area contributed by atoms with Crippen LogP contribution in [0.2, 0.25) is 0 Å². The van der Waals surface area contributed by atoms with Crippen LogP contribution in [0.3, 0.4) is 0 Å². The van der Waals surface area contributed by atoms with E-state index < -0.39 is 31.7 Å². The zero-order chi connectivity index (χ0) is 68.1. The van der Waals surface area contributed by atoms with Gasteiger partial charge >= 0.3 is 89.5 Å². The molecule has 12 aromatic rings. The summed E-state index contributed by atoms with van der Waals surface area (Å²) >= 11 is 0. The largest absolute Gasteiger partial charge is 1.00 e. The van der Waals surface area contributed by atoms with E-state index in [1.807, 2.05) is 48.5 Å². The molecule has 0 amide bonds. The maximum atomic E-state index is 7.28. The average Bonchev–Trinajstić information content (AvgIpc) is 1.59. The van der Waals surface area contributed by atoms with Gasteiger partial charge in [0.25, 0.3) is 0 Å². The van der Waals surface area contributed by atoms with Gasteiger partial charge in [-0.05, 0) is 167 Å². The van der Waals surface area contributed by atoms with Crippen molar-refractivity contribution < 1.29 is 89.5 Å². The third-order valence-corrected chi connectivity index (χ3v) is 30.8. The third kappa shape index (κ3) is 21.0. The van der Waals surface area contributed by atoms with Gasteiger partial charge in [0.05, 0.1) is 98.8 Å². The Morgan fingerprint density at radius 1 is 0.225 bits per heavy atom. The first-order valence-electron chi connectivity index (χ1n) is 34.2. The van der Waals surface area contributed by atoms with E-state index in [1.165, 1.54) is 137 Å². The summed E-state index contributed by atoms with van der Waals surface area (Å²) in [6.45, 7) is 8.72. The summed E-state index contributed by atoms with van der Waals surface area (Å²) in [5, 5.41) is 12.3. The molecule has 14 rings (SSSR count). The number of rotatable bonds is 18. The van der Waals surface area contributed by atoms with Crippen LogP contribution in [0, 0.1) is 49.4 Å². The Morgan fingerprint density at radius 2 is 0.373 bits per heavy atom. The summed E-state index contributed by atoms with van der Waals surface area (Å²) in [5.41, 5.74) is 12.8. The van der Waals surface area contributed by atoms with Crippen molar-refractivity contribution in [2.24, 2.45) is 0 Å². The monoisotopic (exact) mass is 2120 g/mol. The molecule has 2 aliphatic rings. The second-order valence-electron chi connectivity index (χ2n) is 26.0. The molecule has 2 aliphatic carbocycles. The number of benzene rings is 12. The Labute approximate surface area is 677 Å². The van der Waals surface area contributed by atoms with Crippen molar-refractivity contribution in [3.8, 4) is 45.9 Å².